The van der Waals surface area contributed by atoms with Gasteiger partial charge in [0.25, 0.3) is 0 Å². The quantitative estimate of drug-likeness (QED) is 0.740. The topological polar surface area (TPSA) is 36.8 Å². The number of nitrogens with two attached hydrogens (primary N) is 1. The van der Waals surface area contributed by atoms with Gasteiger partial charge in [-0.05, 0) is 37.6 Å². The lowest BCUT2D eigenvalue weighted by atomic mass is 9.65. The minimum absolute atomic E-state index is 0.128. The molecule has 1 heterocycles. The summed E-state index contributed by atoms with van der Waals surface area (Å²) >= 11 is 12.2. The second-order valence-electron chi connectivity index (χ2n) is 7.76. The first-order chi connectivity index (χ1) is 12.3. The molecule has 0 aromatic heterocycles. The summed E-state index contributed by atoms with van der Waals surface area (Å²) in [7, 11) is 0. The van der Waals surface area contributed by atoms with Gasteiger partial charge in [-0.2, -0.15) is 0 Å². The van der Waals surface area contributed by atoms with Crippen LogP contribution < -0.4 is 5.32 Å². The summed E-state index contributed by atoms with van der Waals surface area (Å²) in [5, 5.41) is 15.4. The van der Waals surface area contributed by atoms with Crippen LogP contribution in [0.1, 0.15) is 56.8 Å². The third-order valence-electron chi connectivity index (χ3n) is 6.17. The maximum Gasteiger partial charge on any atom is 0.118 e. The van der Waals surface area contributed by atoms with Gasteiger partial charge in [0.2, 0.25) is 0 Å². The van der Waals surface area contributed by atoms with Crippen molar-refractivity contribution in [1.29, 1.82) is 0 Å². The molecular weight excluding hydrogens is 365 g/mol. The Bertz CT molecular complexity index is 727. The molecule has 5 atom stereocenters. The Labute approximate surface area is 166 Å². The molecule has 0 aliphatic carbocycles. The Morgan fingerprint density at radius 1 is 0.923 bits per heavy atom. The van der Waals surface area contributed by atoms with Crippen molar-refractivity contribution in [1.82, 2.24) is 0 Å². The van der Waals surface area contributed by atoms with Gasteiger partial charge in [-0.3, -0.25) is 0 Å². The van der Waals surface area contributed by atoms with Crippen molar-refractivity contribution in [2.45, 2.75) is 51.3 Å². The van der Waals surface area contributed by atoms with E-state index in [1.165, 1.54) is 11.1 Å². The molecule has 0 saturated carbocycles. The van der Waals surface area contributed by atoms with Gasteiger partial charge in [-0.1, -0.05) is 67.7 Å². The lowest BCUT2D eigenvalue weighted by Crippen LogP contribution is -2.93. The van der Waals surface area contributed by atoms with E-state index < -0.39 is 5.60 Å². The Morgan fingerprint density at radius 3 is 1.85 bits per heavy atom. The smallest absolute Gasteiger partial charge is 0.118 e. The zero-order chi connectivity index (χ0) is 18.9. The second-order valence-corrected chi connectivity index (χ2v) is 8.63. The normalized spacial score (nSPS) is 31.8. The van der Waals surface area contributed by atoms with Gasteiger partial charge in [0.15, 0.2) is 0 Å². The van der Waals surface area contributed by atoms with Crippen LogP contribution in [-0.2, 0) is 0 Å². The third-order valence-corrected chi connectivity index (χ3v) is 6.67. The number of benzene rings is 2. The van der Waals surface area contributed by atoms with Crippen molar-refractivity contribution in [3.8, 4) is 0 Å². The average molecular weight is 393 g/mol. The van der Waals surface area contributed by atoms with Crippen molar-refractivity contribution < 1.29 is 10.4 Å². The summed E-state index contributed by atoms with van der Waals surface area (Å²) in [6.45, 7) is 6.36. The molecular formula is C22H28Cl2NO+. The number of halogens is 2. The van der Waals surface area contributed by atoms with Crippen molar-refractivity contribution in [2.75, 3.05) is 0 Å². The first-order valence-corrected chi connectivity index (χ1v) is 10.2. The summed E-state index contributed by atoms with van der Waals surface area (Å²) in [6.07, 6.45) is 2.05. The second kappa shape index (κ2) is 7.90. The van der Waals surface area contributed by atoms with E-state index in [9.17, 15) is 5.11 Å². The summed E-state index contributed by atoms with van der Waals surface area (Å²) in [5.74, 6) is 0.316. The van der Waals surface area contributed by atoms with E-state index >= 15 is 0 Å². The predicted molar refractivity (Wildman–Crippen MR) is 108 cm³/mol. The van der Waals surface area contributed by atoms with Crippen LogP contribution in [0.2, 0.25) is 10.0 Å². The molecule has 1 aliphatic heterocycles. The minimum Gasteiger partial charge on any atom is -0.389 e. The van der Waals surface area contributed by atoms with E-state index in [0.717, 1.165) is 22.9 Å². The molecule has 140 valence electrons. The van der Waals surface area contributed by atoms with Crippen molar-refractivity contribution in [3.05, 3.63) is 69.7 Å². The molecule has 3 N–H and O–H groups in total. The molecule has 2 aromatic rings. The van der Waals surface area contributed by atoms with Gasteiger partial charge in [-0.15, -0.1) is 0 Å². The third kappa shape index (κ3) is 3.80. The molecule has 3 rings (SSSR count). The molecule has 2 nitrogen and oxygen atoms in total. The standard InChI is InChI=1S/C22H27Cl2NO/c1-4-5-19-21(16-8-12-18(24)13-9-16)25-20(14(2)22(19,3)26)15-6-10-17(23)11-7-15/h6-14,19-21,25-26H,4-5H2,1-3H3/p+1/t14-,19+,20-,21-,22+/m0/s1. The van der Waals surface area contributed by atoms with E-state index in [-0.39, 0.29) is 23.9 Å². The van der Waals surface area contributed by atoms with Crippen LogP contribution in [0.4, 0.5) is 0 Å². The highest BCUT2D eigenvalue weighted by Crippen LogP contribution is 2.44. The van der Waals surface area contributed by atoms with Crippen LogP contribution in [0.3, 0.4) is 0 Å². The number of quaternary nitrogens is 1. The van der Waals surface area contributed by atoms with E-state index in [1.54, 1.807) is 0 Å². The largest absolute Gasteiger partial charge is 0.389 e. The van der Waals surface area contributed by atoms with Crippen molar-refractivity contribution in [3.63, 3.8) is 0 Å². The Morgan fingerprint density at radius 2 is 1.38 bits per heavy atom. The molecule has 4 heteroatoms. The zero-order valence-electron chi connectivity index (χ0n) is 15.6. The summed E-state index contributed by atoms with van der Waals surface area (Å²) in [6, 6.07) is 16.5. The van der Waals surface area contributed by atoms with E-state index in [1.807, 2.05) is 31.2 Å². The van der Waals surface area contributed by atoms with Crippen molar-refractivity contribution in [2.24, 2.45) is 11.8 Å². The Kier molecular flexibility index (Phi) is 5.98. The van der Waals surface area contributed by atoms with Crippen LogP contribution in [-0.4, -0.2) is 10.7 Å². The average Bonchev–Trinajstić information content (AvgIpc) is 2.62. The van der Waals surface area contributed by atoms with Crippen LogP contribution in [0.15, 0.2) is 48.5 Å². The van der Waals surface area contributed by atoms with Gasteiger partial charge in [-0.25, -0.2) is 0 Å². The Hall–Kier alpha value is -1.06. The van der Waals surface area contributed by atoms with Crippen LogP contribution in [0, 0.1) is 11.8 Å². The highest BCUT2D eigenvalue weighted by atomic mass is 35.5. The number of hydrogen-bond acceptors (Lipinski definition) is 1. The maximum atomic E-state index is 11.5. The highest BCUT2D eigenvalue weighted by Gasteiger charge is 2.52. The first-order valence-electron chi connectivity index (χ1n) is 9.43. The van der Waals surface area contributed by atoms with Crippen LogP contribution >= 0.6 is 23.2 Å². The molecule has 0 bridgehead atoms. The van der Waals surface area contributed by atoms with Gasteiger partial charge in [0.05, 0.1) is 5.60 Å². The fourth-order valence-corrected chi connectivity index (χ4v) is 4.74. The molecule has 1 aliphatic rings. The number of rotatable bonds is 4. The fraction of sp³-hybridized carbons (Fsp3) is 0.455. The minimum atomic E-state index is -0.751. The number of piperidine rings is 1. The first kappa shape index (κ1) is 19.7. The van der Waals surface area contributed by atoms with Crippen molar-refractivity contribution >= 4 is 23.2 Å². The maximum absolute atomic E-state index is 11.5. The fourth-order valence-electron chi connectivity index (χ4n) is 4.48. The van der Waals surface area contributed by atoms with Gasteiger partial charge in [0.1, 0.15) is 12.1 Å². The van der Waals surface area contributed by atoms with E-state index in [2.05, 4.69) is 43.4 Å². The van der Waals surface area contributed by atoms with Gasteiger partial charge >= 0.3 is 0 Å². The molecule has 26 heavy (non-hydrogen) atoms. The Balaban J connectivity index is 2.01. The summed E-state index contributed by atoms with van der Waals surface area (Å²) in [5.41, 5.74) is 1.68. The zero-order valence-corrected chi connectivity index (χ0v) is 17.1. The lowest BCUT2D eigenvalue weighted by Gasteiger charge is -2.49. The summed E-state index contributed by atoms with van der Waals surface area (Å²) in [4.78, 5) is 0. The van der Waals surface area contributed by atoms with Crippen LogP contribution in [0.5, 0.6) is 0 Å². The van der Waals surface area contributed by atoms with E-state index in [4.69, 9.17) is 23.2 Å². The number of aliphatic hydroxyl groups is 1. The molecule has 0 unspecified atom stereocenters. The molecule has 1 saturated heterocycles. The molecule has 0 spiro atoms. The predicted octanol–water partition coefficient (Wildman–Crippen LogP) is 5.16. The monoisotopic (exact) mass is 392 g/mol. The number of hydrogen-bond donors (Lipinski definition) is 2. The SMILES string of the molecule is CCC[C@@H]1[C@H](c2ccc(Cl)cc2)[NH2+][C@H](c2ccc(Cl)cc2)[C@H](C)[C@@]1(C)O. The molecule has 0 radical (unpaired) electrons. The molecule has 1 fully saturated rings. The molecule has 0 amide bonds. The van der Waals surface area contributed by atoms with E-state index in [0.29, 0.717) is 0 Å². The van der Waals surface area contributed by atoms with Crippen LogP contribution in [0.25, 0.3) is 0 Å². The molecule has 2 aromatic carbocycles. The van der Waals surface area contributed by atoms with Gasteiger partial charge < -0.3 is 10.4 Å². The highest BCUT2D eigenvalue weighted by molar-refractivity contribution is 6.30. The lowest BCUT2D eigenvalue weighted by molar-refractivity contribution is -0.764. The van der Waals surface area contributed by atoms with Gasteiger partial charge in [0, 0.05) is 33.0 Å². The summed E-state index contributed by atoms with van der Waals surface area (Å²) < 4.78 is 0.